The maximum atomic E-state index is 13.6. The van der Waals surface area contributed by atoms with Gasteiger partial charge in [0, 0.05) is 17.4 Å². The predicted octanol–water partition coefficient (Wildman–Crippen LogP) is 3.20. The molecule has 0 spiro atoms. The Morgan fingerprint density at radius 2 is 2.36 bits per heavy atom. The lowest BCUT2D eigenvalue weighted by Crippen LogP contribution is -2.22. The molecule has 0 bridgehead atoms. The summed E-state index contributed by atoms with van der Waals surface area (Å²) in [5.41, 5.74) is 0.659. The molecule has 1 aromatic rings. The van der Waals surface area contributed by atoms with Crippen molar-refractivity contribution in [1.29, 1.82) is 0 Å². The average Bonchev–Trinajstić information content (AvgIpc) is 2.57. The summed E-state index contributed by atoms with van der Waals surface area (Å²) in [5, 5.41) is 3.55. The maximum absolute atomic E-state index is 13.6. The van der Waals surface area contributed by atoms with E-state index in [2.05, 4.69) is 12.2 Å². The zero-order valence-electron chi connectivity index (χ0n) is 7.76. The van der Waals surface area contributed by atoms with Crippen molar-refractivity contribution in [3.05, 3.63) is 34.6 Å². The molecule has 0 aromatic heterocycles. The van der Waals surface area contributed by atoms with Crippen LogP contribution in [0.5, 0.6) is 0 Å². The van der Waals surface area contributed by atoms with E-state index < -0.39 is 0 Å². The van der Waals surface area contributed by atoms with Gasteiger partial charge in [0.1, 0.15) is 5.82 Å². The molecule has 2 unspecified atom stereocenters. The Labute approximate surface area is 92.0 Å². The van der Waals surface area contributed by atoms with Crippen LogP contribution in [-0.2, 0) is 0 Å². The van der Waals surface area contributed by atoms with E-state index in [4.69, 9.17) is 11.6 Å². The standard InChI is InChI=1S/C10H11ClFNS/c1-6-5-14-10(13-6)7-3-2-4-8(11)9(7)12/h2-4,6,10,13H,5H2,1H3. The highest BCUT2D eigenvalue weighted by Crippen LogP contribution is 2.35. The largest absolute Gasteiger partial charge is 0.298 e. The van der Waals surface area contributed by atoms with Gasteiger partial charge in [0.2, 0.25) is 0 Å². The molecule has 1 aliphatic heterocycles. The number of nitrogens with one attached hydrogen (secondary N) is 1. The fourth-order valence-corrected chi connectivity index (χ4v) is 2.95. The molecular formula is C10H11ClFNS. The van der Waals surface area contributed by atoms with Crippen LogP contribution in [0.4, 0.5) is 4.39 Å². The van der Waals surface area contributed by atoms with Crippen LogP contribution in [0.15, 0.2) is 18.2 Å². The normalized spacial score (nSPS) is 26.8. The van der Waals surface area contributed by atoms with Crippen LogP contribution in [0, 0.1) is 5.82 Å². The van der Waals surface area contributed by atoms with Gasteiger partial charge in [-0.3, -0.25) is 5.32 Å². The Bertz CT molecular complexity index is 345. The number of hydrogen-bond acceptors (Lipinski definition) is 2. The van der Waals surface area contributed by atoms with Gasteiger partial charge < -0.3 is 0 Å². The molecule has 2 atom stereocenters. The number of halogens is 2. The first-order valence-electron chi connectivity index (χ1n) is 4.50. The van der Waals surface area contributed by atoms with E-state index in [1.165, 1.54) is 0 Å². The molecule has 0 amide bonds. The Morgan fingerprint density at radius 1 is 1.57 bits per heavy atom. The minimum absolute atomic E-state index is 0.0451. The second-order valence-corrected chi connectivity index (χ2v) is 4.97. The van der Waals surface area contributed by atoms with Crippen molar-refractivity contribution in [1.82, 2.24) is 5.32 Å². The van der Waals surface area contributed by atoms with Crippen molar-refractivity contribution in [2.45, 2.75) is 18.3 Å². The van der Waals surface area contributed by atoms with Gasteiger partial charge in [-0.2, -0.15) is 0 Å². The van der Waals surface area contributed by atoms with Crippen LogP contribution in [0.1, 0.15) is 17.9 Å². The number of thioether (sulfide) groups is 1. The van der Waals surface area contributed by atoms with Gasteiger partial charge >= 0.3 is 0 Å². The summed E-state index contributed by atoms with van der Waals surface area (Å²) in [6.45, 7) is 2.09. The van der Waals surface area contributed by atoms with Crippen LogP contribution < -0.4 is 5.32 Å². The fourth-order valence-electron chi connectivity index (χ4n) is 1.50. The van der Waals surface area contributed by atoms with Crippen molar-refractivity contribution >= 4 is 23.4 Å². The lowest BCUT2D eigenvalue weighted by molar-refractivity contribution is 0.568. The molecular weight excluding hydrogens is 221 g/mol. The third kappa shape index (κ3) is 1.90. The minimum atomic E-state index is -0.298. The minimum Gasteiger partial charge on any atom is -0.298 e. The summed E-state index contributed by atoms with van der Waals surface area (Å²) in [7, 11) is 0. The molecule has 2 rings (SSSR count). The Balaban J connectivity index is 2.28. The molecule has 1 fully saturated rings. The molecule has 1 N–H and O–H groups in total. The van der Waals surface area contributed by atoms with Crippen molar-refractivity contribution in [2.24, 2.45) is 0 Å². The summed E-state index contributed by atoms with van der Waals surface area (Å²) in [5.74, 6) is 0.713. The van der Waals surface area contributed by atoms with Crippen LogP contribution in [0.25, 0.3) is 0 Å². The Hall–Kier alpha value is -0.250. The topological polar surface area (TPSA) is 12.0 Å². The molecule has 4 heteroatoms. The quantitative estimate of drug-likeness (QED) is 0.797. The van der Waals surface area contributed by atoms with Gasteiger partial charge in [-0.05, 0) is 13.0 Å². The molecule has 1 aliphatic rings. The van der Waals surface area contributed by atoms with E-state index in [9.17, 15) is 4.39 Å². The third-order valence-electron chi connectivity index (χ3n) is 2.21. The second kappa shape index (κ2) is 4.09. The summed E-state index contributed by atoms with van der Waals surface area (Å²) in [4.78, 5) is 0. The zero-order valence-corrected chi connectivity index (χ0v) is 9.33. The SMILES string of the molecule is CC1CSC(c2cccc(Cl)c2F)N1. The van der Waals surface area contributed by atoms with E-state index in [1.54, 1.807) is 30.0 Å². The molecule has 0 aliphatic carbocycles. The first-order valence-corrected chi connectivity index (χ1v) is 5.92. The van der Waals surface area contributed by atoms with Crippen molar-refractivity contribution in [3.63, 3.8) is 0 Å². The summed E-state index contributed by atoms with van der Waals surface area (Å²) in [6.07, 6.45) is 0. The highest BCUT2D eigenvalue weighted by atomic mass is 35.5. The fraction of sp³-hybridized carbons (Fsp3) is 0.400. The number of rotatable bonds is 1. The molecule has 0 saturated carbocycles. The van der Waals surface area contributed by atoms with Gasteiger partial charge in [-0.1, -0.05) is 23.7 Å². The van der Waals surface area contributed by atoms with Crippen LogP contribution in [-0.4, -0.2) is 11.8 Å². The van der Waals surface area contributed by atoms with Gasteiger partial charge in [0.25, 0.3) is 0 Å². The first-order chi connectivity index (χ1) is 6.68. The summed E-state index contributed by atoms with van der Waals surface area (Å²) >= 11 is 7.43. The Morgan fingerprint density at radius 3 is 3.00 bits per heavy atom. The molecule has 1 saturated heterocycles. The van der Waals surface area contributed by atoms with E-state index in [-0.39, 0.29) is 16.2 Å². The van der Waals surface area contributed by atoms with E-state index in [1.807, 2.05) is 0 Å². The Kier molecular flexibility index (Phi) is 3.00. The lowest BCUT2D eigenvalue weighted by atomic mass is 10.2. The van der Waals surface area contributed by atoms with Crippen molar-refractivity contribution in [2.75, 3.05) is 5.75 Å². The third-order valence-corrected chi connectivity index (χ3v) is 3.92. The summed E-state index contributed by atoms with van der Waals surface area (Å²) in [6, 6.07) is 5.57. The highest BCUT2D eigenvalue weighted by molar-refractivity contribution is 7.99. The van der Waals surface area contributed by atoms with Gasteiger partial charge in [0.15, 0.2) is 0 Å². The van der Waals surface area contributed by atoms with E-state index >= 15 is 0 Å². The molecule has 1 heterocycles. The summed E-state index contributed by atoms with van der Waals surface area (Å²) < 4.78 is 13.6. The van der Waals surface area contributed by atoms with Crippen LogP contribution in [0.3, 0.4) is 0 Å². The van der Waals surface area contributed by atoms with Crippen LogP contribution in [0.2, 0.25) is 5.02 Å². The molecule has 1 nitrogen and oxygen atoms in total. The zero-order chi connectivity index (χ0) is 10.1. The monoisotopic (exact) mass is 231 g/mol. The first kappa shape index (κ1) is 10.3. The van der Waals surface area contributed by atoms with Crippen molar-refractivity contribution in [3.8, 4) is 0 Å². The molecule has 1 aromatic carbocycles. The average molecular weight is 232 g/mol. The van der Waals surface area contributed by atoms with Crippen LogP contribution >= 0.6 is 23.4 Å². The maximum Gasteiger partial charge on any atom is 0.147 e. The smallest absolute Gasteiger partial charge is 0.147 e. The molecule has 0 radical (unpaired) electrons. The molecule has 76 valence electrons. The number of benzene rings is 1. The second-order valence-electron chi connectivity index (χ2n) is 3.42. The predicted molar refractivity (Wildman–Crippen MR) is 59.2 cm³/mol. The molecule has 14 heavy (non-hydrogen) atoms. The van der Waals surface area contributed by atoms with Gasteiger partial charge in [0.05, 0.1) is 10.4 Å². The van der Waals surface area contributed by atoms with Gasteiger partial charge in [-0.15, -0.1) is 11.8 Å². The lowest BCUT2D eigenvalue weighted by Gasteiger charge is -2.12. The van der Waals surface area contributed by atoms with E-state index in [0.717, 1.165) is 5.75 Å². The highest BCUT2D eigenvalue weighted by Gasteiger charge is 2.25. The van der Waals surface area contributed by atoms with E-state index in [0.29, 0.717) is 11.6 Å². The number of hydrogen-bond donors (Lipinski definition) is 1. The van der Waals surface area contributed by atoms with Gasteiger partial charge in [-0.25, -0.2) is 4.39 Å². The van der Waals surface area contributed by atoms with Crippen molar-refractivity contribution < 1.29 is 4.39 Å².